The molecule has 0 radical (unpaired) electrons. The second-order valence-corrected chi connectivity index (χ2v) is 5.94. The van der Waals surface area contributed by atoms with Crippen molar-refractivity contribution in [3.8, 4) is 0 Å². The van der Waals surface area contributed by atoms with E-state index in [2.05, 4.69) is 10.4 Å². The Morgan fingerprint density at radius 3 is 2.55 bits per heavy atom. The average molecular weight is 334 g/mol. The molecule has 2 rings (SSSR count). The van der Waals surface area contributed by atoms with Gasteiger partial charge in [0.1, 0.15) is 5.82 Å². The monoisotopic (exact) mass is 334 g/mol. The molecule has 0 aliphatic carbocycles. The van der Waals surface area contributed by atoms with Gasteiger partial charge >= 0.3 is 6.18 Å². The number of rotatable bonds is 4. The van der Waals surface area contributed by atoms with Crippen molar-refractivity contribution in [1.82, 2.24) is 9.78 Å². The zero-order valence-electron chi connectivity index (χ0n) is 11.4. The minimum Gasteiger partial charge on any atom is -0.340 e. The predicted molar refractivity (Wildman–Crippen MR) is 74.0 cm³/mol. The van der Waals surface area contributed by atoms with Crippen LogP contribution in [0.4, 0.5) is 24.7 Å². The molecule has 120 valence electrons. The molecule has 0 amide bonds. The van der Waals surface area contributed by atoms with Crippen LogP contribution < -0.4 is 10.5 Å². The zero-order valence-corrected chi connectivity index (χ0v) is 12.2. The van der Waals surface area contributed by atoms with Crippen LogP contribution >= 0.6 is 0 Å². The molecule has 22 heavy (non-hydrogen) atoms. The van der Waals surface area contributed by atoms with E-state index in [1.165, 1.54) is 12.3 Å². The van der Waals surface area contributed by atoms with Crippen LogP contribution in [0.5, 0.6) is 0 Å². The van der Waals surface area contributed by atoms with Crippen molar-refractivity contribution in [3.05, 3.63) is 36.0 Å². The van der Waals surface area contributed by atoms with Gasteiger partial charge in [0.05, 0.1) is 16.7 Å². The molecular formula is C12H13F3N4O2S. The van der Waals surface area contributed by atoms with Crippen molar-refractivity contribution in [2.45, 2.75) is 24.5 Å². The number of primary sulfonamides is 1. The van der Waals surface area contributed by atoms with Crippen LogP contribution in [0.25, 0.3) is 0 Å². The van der Waals surface area contributed by atoms with Gasteiger partial charge in [-0.05, 0) is 25.1 Å². The molecule has 3 N–H and O–H groups in total. The summed E-state index contributed by atoms with van der Waals surface area (Å²) in [4.78, 5) is -0.963. The molecule has 0 bridgehead atoms. The number of benzene rings is 1. The number of aryl methyl sites for hydroxylation is 1. The molecular weight excluding hydrogens is 321 g/mol. The first-order chi connectivity index (χ1) is 10.1. The number of alkyl halides is 3. The lowest BCUT2D eigenvalue weighted by atomic mass is 10.2. The number of hydrogen-bond acceptors (Lipinski definition) is 4. The maximum absolute atomic E-state index is 13.0. The van der Waals surface area contributed by atoms with Gasteiger partial charge in [-0.15, -0.1) is 0 Å². The number of nitrogens with zero attached hydrogens (tertiary/aromatic N) is 2. The minimum atomic E-state index is -4.84. The van der Waals surface area contributed by atoms with Gasteiger partial charge in [-0.25, -0.2) is 18.2 Å². The Hall–Kier alpha value is -2.07. The minimum absolute atomic E-state index is 0.0786. The van der Waals surface area contributed by atoms with Crippen LogP contribution in [0.15, 0.2) is 35.4 Å². The summed E-state index contributed by atoms with van der Waals surface area (Å²) in [6.07, 6.45) is -3.35. The van der Waals surface area contributed by atoms with Crippen molar-refractivity contribution in [3.63, 3.8) is 0 Å². The molecule has 6 nitrogen and oxygen atoms in total. The van der Waals surface area contributed by atoms with Crippen LogP contribution in [-0.4, -0.2) is 18.2 Å². The van der Waals surface area contributed by atoms with Gasteiger partial charge in [-0.3, -0.25) is 0 Å². The Morgan fingerprint density at radius 2 is 2.00 bits per heavy atom. The zero-order chi connectivity index (χ0) is 16.5. The highest BCUT2D eigenvalue weighted by atomic mass is 32.2. The Balaban J connectivity index is 2.48. The molecule has 1 heterocycles. The van der Waals surface area contributed by atoms with Gasteiger partial charge in [0.25, 0.3) is 0 Å². The number of anilines is 2. The molecule has 2 aromatic rings. The molecule has 0 unspecified atom stereocenters. The van der Waals surface area contributed by atoms with E-state index in [0.29, 0.717) is 18.4 Å². The first kappa shape index (κ1) is 16.3. The first-order valence-electron chi connectivity index (χ1n) is 6.16. The first-order valence-corrected chi connectivity index (χ1v) is 7.70. The summed E-state index contributed by atoms with van der Waals surface area (Å²) in [5.41, 5.74) is -1.24. The molecule has 0 atom stereocenters. The van der Waals surface area contributed by atoms with Gasteiger partial charge in [0.15, 0.2) is 0 Å². The summed E-state index contributed by atoms with van der Waals surface area (Å²) < 4.78 is 63.1. The predicted octanol–water partition coefficient (Wildman–Crippen LogP) is 2.31. The normalized spacial score (nSPS) is 12.4. The van der Waals surface area contributed by atoms with Gasteiger partial charge in [0.2, 0.25) is 10.0 Å². The Labute approximate surface area is 124 Å². The fourth-order valence-electron chi connectivity index (χ4n) is 1.92. The van der Waals surface area contributed by atoms with Crippen molar-refractivity contribution < 1.29 is 21.6 Å². The standard InChI is InChI=1S/C12H13F3N4O2S/c1-2-19-11(5-6-17-19)18-8-3-4-10(22(16,20)21)9(7-8)12(13,14)15/h3-7,18H,2H2,1H3,(H2,16,20,21). The summed E-state index contributed by atoms with van der Waals surface area (Å²) >= 11 is 0. The van der Waals surface area contributed by atoms with Crippen LogP contribution in [0.2, 0.25) is 0 Å². The van der Waals surface area contributed by atoms with Crippen molar-refractivity contribution in [2.24, 2.45) is 5.14 Å². The molecule has 1 aromatic carbocycles. The number of halogens is 3. The SMILES string of the molecule is CCn1nccc1Nc1ccc(S(N)(=O)=O)c(C(F)(F)F)c1. The quantitative estimate of drug-likeness (QED) is 0.898. The number of sulfonamides is 1. The van der Waals surface area contributed by atoms with E-state index < -0.39 is 26.7 Å². The summed E-state index contributed by atoms with van der Waals surface area (Å²) in [5, 5.41) is 11.6. The smallest absolute Gasteiger partial charge is 0.340 e. The third kappa shape index (κ3) is 3.39. The lowest BCUT2D eigenvalue weighted by molar-refractivity contribution is -0.139. The Morgan fingerprint density at radius 1 is 1.32 bits per heavy atom. The van der Waals surface area contributed by atoms with Gasteiger partial charge in [-0.2, -0.15) is 18.3 Å². The number of hydrogen-bond donors (Lipinski definition) is 2. The van der Waals surface area contributed by atoms with E-state index >= 15 is 0 Å². The Kier molecular flexibility index (Phi) is 4.16. The highest BCUT2D eigenvalue weighted by Crippen LogP contribution is 2.36. The lowest BCUT2D eigenvalue weighted by Gasteiger charge is -2.14. The van der Waals surface area contributed by atoms with Crippen molar-refractivity contribution in [1.29, 1.82) is 0 Å². The van der Waals surface area contributed by atoms with Crippen LogP contribution in [0, 0.1) is 0 Å². The van der Waals surface area contributed by atoms with Crippen LogP contribution in [0.1, 0.15) is 12.5 Å². The summed E-state index contributed by atoms with van der Waals surface area (Å²) in [5.74, 6) is 0.485. The second-order valence-electron chi connectivity index (χ2n) is 4.41. The molecule has 10 heteroatoms. The van der Waals surface area contributed by atoms with Gasteiger partial charge < -0.3 is 5.32 Å². The maximum Gasteiger partial charge on any atom is 0.417 e. The second kappa shape index (κ2) is 5.61. The fourth-order valence-corrected chi connectivity index (χ4v) is 2.65. The van der Waals surface area contributed by atoms with E-state index in [1.54, 1.807) is 10.7 Å². The highest BCUT2D eigenvalue weighted by Gasteiger charge is 2.36. The number of aromatic nitrogens is 2. The summed E-state index contributed by atoms with van der Waals surface area (Å²) in [6.45, 7) is 2.35. The van der Waals surface area contributed by atoms with Crippen LogP contribution in [-0.2, 0) is 22.7 Å². The molecule has 0 aliphatic rings. The molecule has 0 aliphatic heterocycles. The van der Waals surface area contributed by atoms with Gasteiger partial charge in [-0.1, -0.05) is 0 Å². The van der Waals surface area contributed by atoms with E-state index in [1.807, 2.05) is 6.92 Å². The van der Waals surface area contributed by atoms with E-state index in [-0.39, 0.29) is 5.69 Å². The Bertz CT molecular complexity index is 784. The maximum atomic E-state index is 13.0. The molecule has 1 aromatic heterocycles. The third-order valence-corrected chi connectivity index (χ3v) is 3.85. The topological polar surface area (TPSA) is 90.0 Å². The molecule has 0 saturated carbocycles. The van der Waals surface area contributed by atoms with Crippen molar-refractivity contribution >= 4 is 21.5 Å². The number of nitrogens with one attached hydrogen (secondary N) is 1. The largest absolute Gasteiger partial charge is 0.417 e. The summed E-state index contributed by atoms with van der Waals surface area (Å²) in [6, 6.07) is 4.33. The van der Waals surface area contributed by atoms with E-state index in [0.717, 1.165) is 6.07 Å². The fraction of sp³-hybridized carbons (Fsp3) is 0.250. The molecule has 0 saturated heterocycles. The van der Waals surface area contributed by atoms with Gasteiger partial charge in [0, 0.05) is 18.3 Å². The molecule has 0 fully saturated rings. The van der Waals surface area contributed by atoms with E-state index in [9.17, 15) is 21.6 Å². The summed E-state index contributed by atoms with van der Waals surface area (Å²) in [7, 11) is -4.47. The lowest BCUT2D eigenvalue weighted by Crippen LogP contribution is -2.19. The molecule has 0 spiro atoms. The third-order valence-electron chi connectivity index (χ3n) is 2.88. The van der Waals surface area contributed by atoms with E-state index in [4.69, 9.17) is 5.14 Å². The average Bonchev–Trinajstić information content (AvgIpc) is 2.83. The van der Waals surface area contributed by atoms with Crippen molar-refractivity contribution in [2.75, 3.05) is 5.32 Å². The number of nitrogens with two attached hydrogens (primary N) is 1. The highest BCUT2D eigenvalue weighted by molar-refractivity contribution is 7.89. The van der Waals surface area contributed by atoms with Crippen LogP contribution in [0.3, 0.4) is 0 Å².